The first kappa shape index (κ1) is 16.4. The van der Waals surface area contributed by atoms with Gasteiger partial charge in [0.15, 0.2) is 0 Å². The number of halogens is 1. The van der Waals surface area contributed by atoms with E-state index in [4.69, 9.17) is 6.42 Å². The van der Waals surface area contributed by atoms with Crippen molar-refractivity contribution < 1.29 is 26.3 Å². The number of likely N-dealkylation sites (N-methyl/N-ethyl adjacent to an activating group) is 1. The second kappa shape index (κ2) is 6.69. The minimum absolute atomic E-state index is 0. The summed E-state index contributed by atoms with van der Waals surface area (Å²) in [5.41, 5.74) is 0.779. The van der Waals surface area contributed by atoms with Crippen molar-refractivity contribution in [1.29, 1.82) is 0 Å². The molecule has 20 heavy (non-hydrogen) atoms. The topological polar surface area (TPSA) is 17.1 Å². The molecule has 0 bridgehead atoms. The molecule has 0 aliphatic heterocycles. The number of carbonyl (C=O) groups is 1. The Morgan fingerprint density at radius 3 is 2.50 bits per heavy atom. The van der Waals surface area contributed by atoms with E-state index in [0.717, 1.165) is 16.3 Å². The third-order valence-electron chi connectivity index (χ3n) is 3.18. The highest BCUT2D eigenvalue weighted by Crippen LogP contribution is 2.19. The zero-order valence-electron chi connectivity index (χ0n) is 11.8. The van der Waals surface area contributed by atoms with Crippen molar-refractivity contribution in [2.75, 3.05) is 27.2 Å². The van der Waals surface area contributed by atoms with Gasteiger partial charge in [0.1, 0.15) is 13.1 Å². The van der Waals surface area contributed by atoms with Gasteiger partial charge in [-0.05, 0) is 16.7 Å². The number of rotatable bonds is 4. The summed E-state index contributed by atoms with van der Waals surface area (Å²) in [4.78, 5) is 12.5. The summed E-state index contributed by atoms with van der Waals surface area (Å²) in [7, 11) is 3.95. The molecule has 0 spiro atoms. The second-order valence-electron chi connectivity index (χ2n) is 5.41. The number of Topliss-reactive ketones (excluding diaryl/α,β-unsaturated/α-hetero) is 1. The maximum absolute atomic E-state index is 12.5. The van der Waals surface area contributed by atoms with Gasteiger partial charge in [0.05, 0.1) is 14.1 Å². The van der Waals surface area contributed by atoms with Crippen molar-refractivity contribution in [3.8, 4) is 12.3 Å². The molecule has 2 aromatic rings. The summed E-state index contributed by atoms with van der Waals surface area (Å²) in [5.74, 6) is 2.76. The monoisotopic (exact) mass is 331 g/mol. The standard InChI is InChI=1S/C17H18NO.BrH/c1-4-12-18(2,3)13-17(19)16-11-7-9-14-8-5-6-10-15(14)16;/h1,5-11H,12-13H2,2-3H3;1H/q+1;/p-1. The molecule has 104 valence electrons. The molecule has 0 amide bonds. The van der Waals surface area contributed by atoms with E-state index >= 15 is 0 Å². The Labute approximate surface area is 130 Å². The third-order valence-corrected chi connectivity index (χ3v) is 3.18. The van der Waals surface area contributed by atoms with Gasteiger partial charge in [-0.25, -0.2) is 0 Å². The van der Waals surface area contributed by atoms with Crippen molar-refractivity contribution >= 4 is 16.6 Å². The SMILES string of the molecule is C#CC[N+](C)(C)CC(=O)c1cccc2ccccc12.[Br-]. The van der Waals surface area contributed by atoms with Gasteiger partial charge < -0.3 is 21.5 Å². The lowest BCUT2D eigenvalue weighted by Gasteiger charge is -2.26. The Kier molecular flexibility index (Phi) is 5.50. The summed E-state index contributed by atoms with van der Waals surface area (Å²) in [6, 6.07) is 13.8. The number of hydrogen-bond donors (Lipinski definition) is 0. The predicted molar refractivity (Wildman–Crippen MR) is 79.0 cm³/mol. The van der Waals surface area contributed by atoms with Crippen molar-refractivity contribution in [3.05, 3.63) is 48.0 Å². The lowest BCUT2D eigenvalue weighted by molar-refractivity contribution is -0.874. The largest absolute Gasteiger partial charge is 1.00 e. The second-order valence-corrected chi connectivity index (χ2v) is 5.41. The molecule has 2 rings (SSSR count). The smallest absolute Gasteiger partial charge is 0.217 e. The summed E-state index contributed by atoms with van der Waals surface area (Å²) in [6.45, 7) is 0.967. The molecule has 2 nitrogen and oxygen atoms in total. The molecule has 0 aliphatic rings. The number of quaternary nitrogens is 1. The number of fused-ring (bicyclic) bond motifs is 1. The van der Waals surface area contributed by atoms with Crippen LogP contribution >= 0.6 is 0 Å². The lowest BCUT2D eigenvalue weighted by Crippen LogP contribution is -3.00. The van der Waals surface area contributed by atoms with Crippen molar-refractivity contribution in [2.24, 2.45) is 0 Å². The first-order chi connectivity index (χ1) is 9.03. The molecule has 0 radical (unpaired) electrons. The van der Waals surface area contributed by atoms with Crippen molar-refractivity contribution in [3.63, 3.8) is 0 Å². The maximum atomic E-state index is 12.5. The molecule has 0 heterocycles. The van der Waals surface area contributed by atoms with Crippen LogP contribution in [0.5, 0.6) is 0 Å². The summed E-state index contributed by atoms with van der Waals surface area (Å²) in [6.07, 6.45) is 5.34. The third kappa shape index (κ3) is 3.69. The number of hydrogen-bond acceptors (Lipinski definition) is 1. The molecule has 0 aliphatic carbocycles. The summed E-state index contributed by atoms with van der Waals surface area (Å²) in [5, 5.41) is 2.10. The van der Waals surface area contributed by atoms with E-state index in [0.29, 0.717) is 17.6 Å². The highest BCUT2D eigenvalue weighted by atomic mass is 79.9. The fraction of sp³-hybridized carbons (Fsp3) is 0.235. The molecular formula is C17H18BrNO. The fourth-order valence-electron chi connectivity index (χ4n) is 2.25. The van der Waals surface area contributed by atoms with E-state index in [1.165, 1.54) is 0 Å². The number of carbonyl (C=O) groups excluding carboxylic acids is 1. The van der Waals surface area contributed by atoms with Gasteiger partial charge in [-0.2, -0.15) is 0 Å². The van der Waals surface area contributed by atoms with E-state index in [-0.39, 0.29) is 22.8 Å². The Morgan fingerprint density at radius 1 is 1.15 bits per heavy atom. The van der Waals surface area contributed by atoms with Crippen LogP contribution < -0.4 is 17.0 Å². The van der Waals surface area contributed by atoms with Crippen LogP contribution in [-0.4, -0.2) is 37.5 Å². The normalized spacial score (nSPS) is 10.7. The molecule has 0 aromatic heterocycles. The van der Waals surface area contributed by atoms with Crippen LogP contribution in [0.15, 0.2) is 42.5 Å². The Balaban J connectivity index is 0.00000200. The van der Waals surface area contributed by atoms with Gasteiger partial charge >= 0.3 is 0 Å². The van der Waals surface area contributed by atoms with Crippen molar-refractivity contribution in [2.45, 2.75) is 0 Å². The van der Waals surface area contributed by atoms with E-state index in [2.05, 4.69) is 5.92 Å². The van der Waals surface area contributed by atoms with Gasteiger partial charge in [0, 0.05) is 5.56 Å². The lowest BCUT2D eigenvalue weighted by atomic mass is 10.0. The molecule has 0 atom stereocenters. The number of terminal acetylenes is 1. The van der Waals surface area contributed by atoms with Crippen LogP contribution in [0.3, 0.4) is 0 Å². The van der Waals surface area contributed by atoms with Gasteiger partial charge in [-0.3, -0.25) is 4.79 Å². The predicted octanol–water partition coefficient (Wildman–Crippen LogP) is -0.264. The Hall–Kier alpha value is -1.63. The molecule has 0 N–H and O–H groups in total. The van der Waals surface area contributed by atoms with E-state index in [1.807, 2.05) is 56.6 Å². The number of nitrogens with zero attached hydrogens (tertiary/aromatic N) is 1. The molecule has 0 saturated heterocycles. The minimum Gasteiger partial charge on any atom is -1.00 e. The fourth-order valence-corrected chi connectivity index (χ4v) is 2.25. The molecule has 0 unspecified atom stereocenters. The molecule has 0 fully saturated rings. The van der Waals surface area contributed by atoms with Gasteiger partial charge in [0.2, 0.25) is 5.78 Å². The van der Waals surface area contributed by atoms with Crippen LogP contribution in [0.25, 0.3) is 10.8 Å². The Morgan fingerprint density at radius 2 is 1.80 bits per heavy atom. The van der Waals surface area contributed by atoms with E-state index < -0.39 is 0 Å². The number of ketones is 1. The zero-order valence-corrected chi connectivity index (χ0v) is 13.4. The number of benzene rings is 2. The molecule has 3 heteroatoms. The Bertz CT molecular complexity index is 650. The molecular weight excluding hydrogens is 314 g/mol. The quantitative estimate of drug-likeness (QED) is 0.428. The minimum atomic E-state index is 0. The van der Waals surface area contributed by atoms with Crippen molar-refractivity contribution in [1.82, 2.24) is 0 Å². The average Bonchev–Trinajstić information content (AvgIpc) is 2.37. The van der Waals surface area contributed by atoms with E-state index in [1.54, 1.807) is 0 Å². The molecule has 2 aromatic carbocycles. The van der Waals surface area contributed by atoms with Crippen LogP contribution in [-0.2, 0) is 0 Å². The first-order valence-corrected chi connectivity index (χ1v) is 6.30. The van der Waals surface area contributed by atoms with Crippen LogP contribution in [0, 0.1) is 12.3 Å². The average molecular weight is 332 g/mol. The zero-order chi connectivity index (χ0) is 13.9. The molecule has 0 saturated carbocycles. The van der Waals surface area contributed by atoms with Gasteiger partial charge in [-0.15, -0.1) is 6.42 Å². The summed E-state index contributed by atoms with van der Waals surface area (Å²) < 4.78 is 0.512. The van der Waals surface area contributed by atoms with Crippen LogP contribution in [0.4, 0.5) is 0 Å². The van der Waals surface area contributed by atoms with Gasteiger partial charge in [0.25, 0.3) is 0 Å². The first-order valence-electron chi connectivity index (χ1n) is 6.30. The highest BCUT2D eigenvalue weighted by molar-refractivity contribution is 6.08. The van der Waals surface area contributed by atoms with E-state index in [9.17, 15) is 4.79 Å². The van der Waals surface area contributed by atoms with Crippen LogP contribution in [0.1, 0.15) is 10.4 Å². The maximum Gasteiger partial charge on any atom is 0.217 e. The summed E-state index contributed by atoms with van der Waals surface area (Å²) >= 11 is 0. The van der Waals surface area contributed by atoms with Crippen LogP contribution in [0.2, 0.25) is 0 Å². The van der Waals surface area contributed by atoms with Gasteiger partial charge in [-0.1, -0.05) is 42.5 Å². The highest BCUT2D eigenvalue weighted by Gasteiger charge is 2.21.